The van der Waals surface area contributed by atoms with E-state index in [4.69, 9.17) is 5.11 Å². The second-order valence-corrected chi connectivity index (χ2v) is 6.64. The summed E-state index contributed by atoms with van der Waals surface area (Å²) in [5.74, 6) is -0.588. The molecule has 7 heteroatoms. The Bertz CT molecular complexity index is 359. The van der Waals surface area contributed by atoms with Gasteiger partial charge in [-0.1, -0.05) is 0 Å². The number of hydrogen-bond acceptors (Lipinski definition) is 3. The van der Waals surface area contributed by atoms with E-state index in [1.165, 1.54) is 14.1 Å². The summed E-state index contributed by atoms with van der Waals surface area (Å²) in [4.78, 5) is 10.5. The van der Waals surface area contributed by atoms with Crippen molar-refractivity contribution in [2.75, 3.05) is 14.1 Å². The van der Waals surface area contributed by atoms with Crippen molar-refractivity contribution >= 4 is 16.2 Å². The van der Waals surface area contributed by atoms with Crippen molar-refractivity contribution in [1.82, 2.24) is 9.03 Å². The number of rotatable bonds is 5. The number of nitrogens with one attached hydrogen (secondary N) is 1. The SMILES string of the molecule is CN(C)S(=O)(=O)NC1CCC(CC(=O)O)CC1. The van der Waals surface area contributed by atoms with Gasteiger partial charge in [0.05, 0.1) is 0 Å². The Kier molecular flexibility index (Phi) is 4.91. The summed E-state index contributed by atoms with van der Waals surface area (Å²) in [5.41, 5.74) is 0. The van der Waals surface area contributed by atoms with E-state index in [9.17, 15) is 13.2 Å². The average molecular weight is 264 g/mol. The van der Waals surface area contributed by atoms with E-state index in [1.54, 1.807) is 0 Å². The molecule has 0 aromatic rings. The second kappa shape index (κ2) is 5.79. The fourth-order valence-electron chi connectivity index (χ4n) is 2.05. The van der Waals surface area contributed by atoms with E-state index in [2.05, 4.69) is 4.72 Å². The predicted molar refractivity (Wildman–Crippen MR) is 63.7 cm³/mol. The quantitative estimate of drug-likeness (QED) is 0.753. The first-order chi connectivity index (χ1) is 7.81. The van der Waals surface area contributed by atoms with Gasteiger partial charge in [-0.25, -0.2) is 0 Å². The number of carboxylic acid groups (broad SMARTS) is 1. The fraction of sp³-hybridized carbons (Fsp3) is 0.900. The molecule has 100 valence electrons. The van der Waals surface area contributed by atoms with Gasteiger partial charge in [-0.15, -0.1) is 0 Å². The molecule has 0 atom stereocenters. The second-order valence-electron chi connectivity index (χ2n) is 4.72. The molecule has 0 aromatic carbocycles. The number of carboxylic acids is 1. The van der Waals surface area contributed by atoms with Crippen LogP contribution in [0.4, 0.5) is 0 Å². The maximum absolute atomic E-state index is 11.6. The summed E-state index contributed by atoms with van der Waals surface area (Å²) >= 11 is 0. The van der Waals surface area contributed by atoms with Gasteiger partial charge in [0.2, 0.25) is 0 Å². The Morgan fingerprint density at radius 2 is 1.82 bits per heavy atom. The maximum atomic E-state index is 11.6. The molecular formula is C10H20N2O4S. The van der Waals surface area contributed by atoms with Gasteiger partial charge in [-0.3, -0.25) is 4.79 Å². The molecule has 1 rings (SSSR count). The van der Waals surface area contributed by atoms with E-state index in [1.807, 2.05) is 0 Å². The largest absolute Gasteiger partial charge is 0.481 e. The molecule has 2 N–H and O–H groups in total. The third kappa shape index (κ3) is 4.61. The average Bonchev–Trinajstić information content (AvgIpc) is 2.19. The zero-order chi connectivity index (χ0) is 13.1. The summed E-state index contributed by atoms with van der Waals surface area (Å²) in [6, 6.07) is -0.0626. The molecule has 0 spiro atoms. The van der Waals surface area contributed by atoms with Gasteiger partial charge in [0.1, 0.15) is 0 Å². The molecule has 1 aliphatic rings. The van der Waals surface area contributed by atoms with Crippen LogP contribution in [0.25, 0.3) is 0 Å². The van der Waals surface area contributed by atoms with Gasteiger partial charge >= 0.3 is 5.97 Å². The molecular weight excluding hydrogens is 244 g/mol. The van der Waals surface area contributed by atoms with Gasteiger partial charge in [-0.05, 0) is 31.6 Å². The van der Waals surface area contributed by atoms with Crippen molar-refractivity contribution in [2.45, 2.75) is 38.1 Å². The van der Waals surface area contributed by atoms with Crippen molar-refractivity contribution in [2.24, 2.45) is 5.92 Å². The third-order valence-corrected chi connectivity index (χ3v) is 4.70. The van der Waals surface area contributed by atoms with Gasteiger partial charge in [-0.2, -0.15) is 17.4 Å². The standard InChI is InChI=1S/C10H20N2O4S/c1-12(2)17(15,16)11-9-5-3-8(4-6-9)7-10(13)14/h8-9,11H,3-7H2,1-2H3,(H,13,14). The van der Waals surface area contributed by atoms with Crippen LogP contribution in [0.1, 0.15) is 32.1 Å². The van der Waals surface area contributed by atoms with Crippen LogP contribution in [0.3, 0.4) is 0 Å². The van der Waals surface area contributed by atoms with Gasteiger partial charge in [0, 0.05) is 26.6 Å². The first-order valence-corrected chi connectivity index (χ1v) is 7.17. The third-order valence-electron chi connectivity index (χ3n) is 3.11. The molecule has 1 aliphatic carbocycles. The first kappa shape index (κ1) is 14.4. The van der Waals surface area contributed by atoms with Crippen LogP contribution in [-0.4, -0.2) is 43.9 Å². The van der Waals surface area contributed by atoms with E-state index < -0.39 is 16.2 Å². The number of aliphatic carboxylic acids is 1. The Morgan fingerprint density at radius 1 is 1.29 bits per heavy atom. The Balaban J connectivity index is 2.40. The van der Waals surface area contributed by atoms with Crippen LogP contribution in [0.2, 0.25) is 0 Å². The number of carbonyl (C=O) groups is 1. The highest BCUT2D eigenvalue weighted by Gasteiger charge is 2.26. The van der Waals surface area contributed by atoms with Crippen LogP contribution in [0, 0.1) is 5.92 Å². The Hall–Kier alpha value is -0.660. The molecule has 1 fully saturated rings. The molecule has 0 bridgehead atoms. The van der Waals surface area contributed by atoms with E-state index >= 15 is 0 Å². The zero-order valence-electron chi connectivity index (χ0n) is 10.2. The lowest BCUT2D eigenvalue weighted by molar-refractivity contribution is -0.138. The summed E-state index contributed by atoms with van der Waals surface area (Å²) in [7, 11) is -0.402. The van der Waals surface area contributed by atoms with Gasteiger partial charge < -0.3 is 5.11 Å². The van der Waals surface area contributed by atoms with Crippen LogP contribution in [-0.2, 0) is 15.0 Å². The highest BCUT2D eigenvalue weighted by molar-refractivity contribution is 7.87. The fourth-order valence-corrected chi connectivity index (χ4v) is 2.92. The Labute approximate surface area is 102 Å². The lowest BCUT2D eigenvalue weighted by Gasteiger charge is -2.28. The minimum Gasteiger partial charge on any atom is -0.481 e. The molecule has 0 aliphatic heterocycles. The molecule has 0 unspecified atom stereocenters. The van der Waals surface area contributed by atoms with Gasteiger partial charge in [0.25, 0.3) is 10.2 Å². The van der Waals surface area contributed by atoms with Crippen molar-refractivity contribution in [3.63, 3.8) is 0 Å². The summed E-state index contributed by atoms with van der Waals surface area (Å²) in [6.45, 7) is 0. The predicted octanol–water partition coefficient (Wildman–Crippen LogP) is 0.416. The summed E-state index contributed by atoms with van der Waals surface area (Å²) in [6.07, 6.45) is 3.16. The molecule has 17 heavy (non-hydrogen) atoms. The molecule has 0 amide bonds. The zero-order valence-corrected chi connectivity index (χ0v) is 11.0. The van der Waals surface area contributed by atoms with Crippen LogP contribution in [0.15, 0.2) is 0 Å². The topological polar surface area (TPSA) is 86.7 Å². The van der Waals surface area contributed by atoms with Crippen LogP contribution in [0.5, 0.6) is 0 Å². The Morgan fingerprint density at radius 3 is 2.24 bits per heavy atom. The van der Waals surface area contributed by atoms with Crippen molar-refractivity contribution in [3.05, 3.63) is 0 Å². The first-order valence-electron chi connectivity index (χ1n) is 5.73. The molecule has 0 saturated heterocycles. The monoisotopic (exact) mass is 264 g/mol. The van der Waals surface area contributed by atoms with Crippen molar-refractivity contribution in [3.8, 4) is 0 Å². The van der Waals surface area contributed by atoms with Crippen molar-refractivity contribution < 1.29 is 18.3 Å². The smallest absolute Gasteiger partial charge is 0.303 e. The molecule has 1 saturated carbocycles. The van der Waals surface area contributed by atoms with E-state index in [0.717, 1.165) is 17.1 Å². The maximum Gasteiger partial charge on any atom is 0.303 e. The number of nitrogens with zero attached hydrogens (tertiary/aromatic N) is 1. The van der Waals surface area contributed by atoms with Crippen LogP contribution >= 0.6 is 0 Å². The van der Waals surface area contributed by atoms with E-state index in [-0.39, 0.29) is 18.4 Å². The van der Waals surface area contributed by atoms with Gasteiger partial charge in [0.15, 0.2) is 0 Å². The lowest BCUT2D eigenvalue weighted by atomic mass is 9.84. The molecule has 0 aromatic heterocycles. The lowest BCUT2D eigenvalue weighted by Crippen LogP contribution is -2.43. The number of hydrogen-bond donors (Lipinski definition) is 2. The van der Waals surface area contributed by atoms with Crippen molar-refractivity contribution in [1.29, 1.82) is 0 Å². The molecule has 0 heterocycles. The molecule has 0 radical (unpaired) electrons. The highest BCUT2D eigenvalue weighted by atomic mass is 32.2. The van der Waals surface area contributed by atoms with E-state index in [0.29, 0.717) is 12.8 Å². The normalized spacial score (nSPS) is 26.1. The summed E-state index contributed by atoms with van der Waals surface area (Å²) < 4.78 is 26.9. The summed E-state index contributed by atoms with van der Waals surface area (Å²) in [5, 5.41) is 8.67. The minimum absolute atomic E-state index is 0.0626. The minimum atomic E-state index is -3.37. The highest BCUT2D eigenvalue weighted by Crippen LogP contribution is 2.27. The van der Waals surface area contributed by atoms with Crippen LogP contribution < -0.4 is 4.72 Å². The molecule has 6 nitrogen and oxygen atoms in total.